The van der Waals surface area contributed by atoms with E-state index in [2.05, 4.69) is 26.8 Å². The molecule has 3 rings (SSSR count). The second kappa shape index (κ2) is 5.61. The van der Waals surface area contributed by atoms with Crippen molar-refractivity contribution in [2.24, 2.45) is 5.73 Å². The van der Waals surface area contributed by atoms with Crippen LogP contribution in [0.5, 0.6) is 0 Å². The summed E-state index contributed by atoms with van der Waals surface area (Å²) in [5, 5.41) is 3.18. The Morgan fingerprint density at radius 1 is 1.09 bits per heavy atom. The summed E-state index contributed by atoms with van der Waals surface area (Å²) in [6.45, 7) is 3.65. The van der Waals surface area contributed by atoms with E-state index in [9.17, 15) is 4.79 Å². The number of carbonyl (C=O) groups excluding carboxylic acids is 1. The largest absolute Gasteiger partial charge is 0.366 e. The quantitative estimate of drug-likeness (QED) is 0.719. The summed E-state index contributed by atoms with van der Waals surface area (Å²) in [5.74, 6) is -0.0587. The lowest BCUT2D eigenvalue weighted by Gasteiger charge is -2.09. The minimum absolute atomic E-state index is 0.149. The van der Waals surface area contributed by atoms with Gasteiger partial charge in [-0.1, -0.05) is 24.8 Å². The maximum Gasteiger partial charge on any atom is 0.250 e. The maximum absolute atomic E-state index is 11.2. The summed E-state index contributed by atoms with van der Waals surface area (Å²) >= 11 is 0. The van der Waals surface area contributed by atoms with Gasteiger partial charge < -0.3 is 11.1 Å². The van der Waals surface area contributed by atoms with Gasteiger partial charge in [-0.3, -0.25) is 4.79 Å². The minimum atomic E-state index is -0.610. The molecule has 0 saturated heterocycles. The number of nitrogens with one attached hydrogen (secondary N) is 1. The van der Waals surface area contributed by atoms with Crippen molar-refractivity contribution < 1.29 is 4.79 Å². The highest BCUT2D eigenvalue weighted by atomic mass is 16.1. The molecule has 3 N–H and O–H groups in total. The molecule has 3 aromatic rings. The van der Waals surface area contributed by atoms with Crippen molar-refractivity contribution in [3.05, 3.63) is 61.1 Å². The van der Waals surface area contributed by atoms with Crippen molar-refractivity contribution in [1.29, 1.82) is 0 Å². The van der Waals surface area contributed by atoms with Crippen LogP contribution in [0.15, 0.2) is 55.4 Å². The Balaban J connectivity index is 2.08. The number of carbonyl (C=O) groups is 1. The SMILES string of the molecule is C=C(C(N)=O)c1ccc2ncnc(Nc3ccccc3)c2n1. The second-order valence-corrected chi connectivity index (χ2v) is 4.62. The van der Waals surface area contributed by atoms with E-state index in [1.54, 1.807) is 12.1 Å². The van der Waals surface area contributed by atoms with Crippen LogP contribution in [0.1, 0.15) is 5.69 Å². The molecule has 1 aromatic carbocycles. The van der Waals surface area contributed by atoms with Crippen LogP contribution in [0.4, 0.5) is 11.5 Å². The van der Waals surface area contributed by atoms with E-state index in [0.717, 1.165) is 5.69 Å². The number of fused-ring (bicyclic) bond motifs is 1. The highest BCUT2D eigenvalue weighted by molar-refractivity contribution is 6.17. The molecule has 0 spiro atoms. The molecule has 0 aliphatic rings. The zero-order valence-electron chi connectivity index (χ0n) is 11.7. The molecular formula is C16H13N5O. The Hall–Kier alpha value is -3.28. The standard InChI is InChI=1S/C16H13N5O/c1-10(15(17)22)12-7-8-13-14(21-12)16(19-9-18-13)20-11-5-3-2-4-6-11/h2-9H,1H2,(H2,17,22)(H,18,19,20). The molecule has 0 fully saturated rings. The highest BCUT2D eigenvalue weighted by Crippen LogP contribution is 2.23. The number of hydrogen-bond acceptors (Lipinski definition) is 5. The van der Waals surface area contributed by atoms with Gasteiger partial charge in [0, 0.05) is 5.69 Å². The van der Waals surface area contributed by atoms with Crippen LogP contribution in [0, 0.1) is 0 Å². The van der Waals surface area contributed by atoms with Gasteiger partial charge in [0.25, 0.3) is 0 Å². The zero-order chi connectivity index (χ0) is 15.5. The van der Waals surface area contributed by atoms with E-state index in [4.69, 9.17) is 5.73 Å². The summed E-state index contributed by atoms with van der Waals surface area (Å²) < 4.78 is 0. The number of rotatable bonds is 4. The first kappa shape index (κ1) is 13.7. The molecule has 22 heavy (non-hydrogen) atoms. The smallest absolute Gasteiger partial charge is 0.250 e. The molecule has 0 bridgehead atoms. The average Bonchev–Trinajstić information content (AvgIpc) is 2.55. The molecular weight excluding hydrogens is 278 g/mol. The van der Waals surface area contributed by atoms with Gasteiger partial charge in [-0.2, -0.15) is 0 Å². The van der Waals surface area contributed by atoms with E-state index in [0.29, 0.717) is 22.5 Å². The molecule has 2 heterocycles. The number of benzene rings is 1. The lowest BCUT2D eigenvalue weighted by atomic mass is 10.1. The third kappa shape index (κ3) is 2.62. The fourth-order valence-corrected chi connectivity index (χ4v) is 1.98. The number of nitrogens with two attached hydrogens (primary N) is 1. The molecule has 1 amide bonds. The Labute approximate surface area is 126 Å². The van der Waals surface area contributed by atoms with Gasteiger partial charge in [0.05, 0.1) is 16.8 Å². The van der Waals surface area contributed by atoms with Crippen LogP contribution in [-0.2, 0) is 4.79 Å². The van der Waals surface area contributed by atoms with Crippen LogP contribution in [-0.4, -0.2) is 20.9 Å². The Morgan fingerprint density at radius 2 is 1.86 bits per heavy atom. The van der Waals surface area contributed by atoms with E-state index >= 15 is 0 Å². The zero-order valence-corrected chi connectivity index (χ0v) is 11.7. The molecule has 0 unspecified atom stereocenters. The monoisotopic (exact) mass is 291 g/mol. The van der Waals surface area contributed by atoms with Crippen LogP contribution in [0.2, 0.25) is 0 Å². The van der Waals surface area contributed by atoms with Crippen LogP contribution < -0.4 is 11.1 Å². The molecule has 6 heteroatoms. The molecule has 6 nitrogen and oxygen atoms in total. The van der Waals surface area contributed by atoms with Crippen molar-refractivity contribution >= 4 is 34.0 Å². The number of para-hydroxylation sites is 1. The number of anilines is 2. The second-order valence-electron chi connectivity index (χ2n) is 4.62. The van der Waals surface area contributed by atoms with Gasteiger partial charge in [0.1, 0.15) is 11.8 Å². The summed E-state index contributed by atoms with van der Waals surface area (Å²) in [6.07, 6.45) is 1.46. The molecule has 108 valence electrons. The number of pyridine rings is 1. The molecule has 0 saturated carbocycles. The average molecular weight is 291 g/mol. The summed E-state index contributed by atoms with van der Waals surface area (Å²) in [7, 11) is 0. The summed E-state index contributed by atoms with van der Waals surface area (Å²) in [5.41, 5.74) is 7.89. The first-order chi connectivity index (χ1) is 10.6. The van der Waals surface area contributed by atoms with Crippen molar-refractivity contribution in [3.8, 4) is 0 Å². The molecule has 0 aliphatic carbocycles. The van der Waals surface area contributed by atoms with Gasteiger partial charge in [-0.15, -0.1) is 0 Å². The van der Waals surface area contributed by atoms with Crippen LogP contribution >= 0.6 is 0 Å². The first-order valence-corrected chi connectivity index (χ1v) is 6.58. The lowest BCUT2D eigenvalue weighted by Crippen LogP contribution is -2.13. The van der Waals surface area contributed by atoms with E-state index in [-0.39, 0.29) is 5.57 Å². The topological polar surface area (TPSA) is 93.8 Å². The van der Waals surface area contributed by atoms with Crippen LogP contribution in [0.25, 0.3) is 16.6 Å². The number of primary amides is 1. The summed E-state index contributed by atoms with van der Waals surface area (Å²) in [4.78, 5) is 24.0. The number of amides is 1. The highest BCUT2D eigenvalue weighted by Gasteiger charge is 2.11. The fourth-order valence-electron chi connectivity index (χ4n) is 1.98. The fraction of sp³-hybridized carbons (Fsp3) is 0. The van der Waals surface area contributed by atoms with E-state index in [1.807, 2.05) is 30.3 Å². The van der Waals surface area contributed by atoms with Crippen molar-refractivity contribution in [3.63, 3.8) is 0 Å². The first-order valence-electron chi connectivity index (χ1n) is 6.58. The number of aromatic nitrogens is 3. The van der Waals surface area contributed by atoms with E-state index in [1.165, 1.54) is 6.33 Å². The minimum Gasteiger partial charge on any atom is -0.366 e. The molecule has 2 aromatic heterocycles. The van der Waals surface area contributed by atoms with Gasteiger partial charge >= 0.3 is 0 Å². The molecule has 0 aliphatic heterocycles. The van der Waals surface area contributed by atoms with Crippen LogP contribution in [0.3, 0.4) is 0 Å². The molecule has 0 radical (unpaired) electrons. The van der Waals surface area contributed by atoms with Gasteiger partial charge in [0.2, 0.25) is 5.91 Å². The lowest BCUT2D eigenvalue weighted by molar-refractivity contribution is -0.112. The Morgan fingerprint density at radius 3 is 2.59 bits per heavy atom. The maximum atomic E-state index is 11.2. The van der Waals surface area contributed by atoms with Gasteiger partial charge in [-0.25, -0.2) is 15.0 Å². The Kier molecular flexibility index (Phi) is 3.49. The number of hydrogen-bond donors (Lipinski definition) is 2. The van der Waals surface area contributed by atoms with E-state index < -0.39 is 5.91 Å². The van der Waals surface area contributed by atoms with Crippen molar-refractivity contribution in [2.75, 3.05) is 5.32 Å². The van der Waals surface area contributed by atoms with Crippen molar-refractivity contribution in [2.45, 2.75) is 0 Å². The van der Waals surface area contributed by atoms with Gasteiger partial charge in [0.15, 0.2) is 5.82 Å². The Bertz CT molecular complexity index is 861. The third-order valence-electron chi connectivity index (χ3n) is 3.13. The van der Waals surface area contributed by atoms with Crippen molar-refractivity contribution in [1.82, 2.24) is 15.0 Å². The number of nitrogens with zero attached hydrogens (tertiary/aromatic N) is 3. The predicted molar refractivity (Wildman–Crippen MR) is 85.3 cm³/mol. The third-order valence-corrected chi connectivity index (χ3v) is 3.13. The normalized spacial score (nSPS) is 10.4. The van der Waals surface area contributed by atoms with Gasteiger partial charge in [-0.05, 0) is 24.3 Å². The predicted octanol–water partition coefficient (Wildman–Crippen LogP) is 2.27. The summed E-state index contributed by atoms with van der Waals surface area (Å²) in [6, 6.07) is 13.0. The molecule has 0 atom stereocenters.